The van der Waals surface area contributed by atoms with Crippen LogP contribution in [0.4, 0.5) is 0 Å². The van der Waals surface area contributed by atoms with Gasteiger partial charge in [-0.3, -0.25) is 4.79 Å². The smallest absolute Gasteiger partial charge is 0.748 e. The normalized spacial score (nSPS) is 10.8. The fourth-order valence-corrected chi connectivity index (χ4v) is 2.55. The molecular formula is C15H28NNaO4S. The first-order chi connectivity index (χ1) is 9.87. The van der Waals surface area contributed by atoms with Crippen molar-refractivity contribution in [2.45, 2.75) is 57.8 Å². The van der Waals surface area contributed by atoms with E-state index in [2.05, 4.69) is 6.58 Å². The minimum Gasteiger partial charge on any atom is -0.748 e. The van der Waals surface area contributed by atoms with Crippen molar-refractivity contribution in [1.82, 2.24) is 4.90 Å². The number of amides is 1. The quantitative estimate of drug-likeness (QED) is 0.199. The Morgan fingerprint density at radius 1 is 1.09 bits per heavy atom. The van der Waals surface area contributed by atoms with Gasteiger partial charge in [-0.1, -0.05) is 31.8 Å². The Bertz CT molecular complexity index is 398. The number of hydrogen-bond acceptors (Lipinski definition) is 4. The maximum atomic E-state index is 11.8. The molecule has 0 radical (unpaired) electrons. The number of allylic oxidation sites excluding steroid dienone is 1. The Balaban J connectivity index is 0. The second kappa shape index (κ2) is 14.7. The molecular weight excluding hydrogens is 313 g/mol. The van der Waals surface area contributed by atoms with Crippen molar-refractivity contribution in [2.24, 2.45) is 0 Å². The summed E-state index contributed by atoms with van der Waals surface area (Å²) in [6.45, 7) is 4.01. The minimum atomic E-state index is -4.17. The maximum Gasteiger partial charge on any atom is 1.00 e. The number of carbonyl (C=O) groups excluding carboxylic acids is 1. The Kier molecular flexibility index (Phi) is 16.3. The molecule has 0 heterocycles. The van der Waals surface area contributed by atoms with E-state index >= 15 is 0 Å². The van der Waals surface area contributed by atoms with Gasteiger partial charge in [0.1, 0.15) is 0 Å². The second-order valence-corrected chi connectivity index (χ2v) is 6.90. The zero-order valence-electron chi connectivity index (χ0n) is 14.1. The average molecular weight is 341 g/mol. The predicted octanol–water partition coefficient (Wildman–Crippen LogP) is -0.309. The van der Waals surface area contributed by atoms with Gasteiger partial charge in [0.2, 0.25) is 5.91 Å². The fourth-order valence-electron chi connectivity index (χ4n) is 2.07. The molecule has 0 aromatic carbocycles. The Morgan fingerprint density at radius 2 is 1.64 bits per heavy atom. The average Bonchev–Trinajstić information content (AvgIpc) is 2.40. The largest absolute Gasteiger partial charge is 1.00 e. The zero-order valence-corrected chi connectivity index (χ0v) is 16.9. The van der Waals surface area contributed by atoms with Crippen molar-refractivity contribution in [2.75, 3.05) is 19.3 Å². The molecule has 0 bridgehead atoms. The van der Waals surface area contributed by atoms with Gasteiger partial charge in [0, 0.05) is 25.8 Å². The summed E-state index contributed by atoms with van der Waals surface area (Å²) in [6, 6.07) is 0. The molecule has 0 aromatic rings. The molecule has 1 amide bonds. The van der Waals surface area contributed by atoms with Crippen molar-refractivity contribution in [3.63, 3.8) is 0 Å². The molecule has 0 saturated heterocycles. The molecule has 0 unspecified atom stereocenters. The minimum absolute atomic E-state index is 0. The topological polar surface area (TPSA) is 77.5 Å². The van der Waals surface area contributed by atoms with Gasteiger partial charge in [0.05, 0.1) is 10.1 Å². The molecule has 0 aliphatic heterocycles. The Hall–Kier alpha value is 0.120. The van der Waals surface area contributed by atoms with Crippen LogP contribution in [0, 0.1) is 0 Å². The summed E-state index contributed by atoms with van der Waals surface area (Å²) in [5, 5.41) is 0. The van der Waals surface area contributed by atoms with Crippen molar-refractivity contribution in [3.05, 3.63) is 12.7 Å². The molecule has 5 nitrogen and oxygen atoms in total. The van der Waals surface area contributed by atoms with Crippen molar-refractivity contribution in [1.29, 1.82) is 0 Å². The number of hydrogen-bond donors (Lipinski definition) is 0. The van der Waals surface area contributed by atoms with Crippen LogP contribution in [0.15, 0.2) is 12.7 Å². The molecule has 7 heteroatoms. The summed E-state index contributed by atoms with van der Waals surface area (Å²) in [7, 11) is -2.53. The first-order valence-corrected chi connectivity index (χ1v) is 9.23. The summed E-state index contributed by atoms with van der Waals surface area (Å²) >= 11 is 0. The molecule has 0 spiro atoms. The van der Waals surface area contributed by atoms with E-state index in [9.17, 15) is 17.8 Å². The number of carbonyl (C=O) groups is 1. The maximum absolute atomic E-state index is 11.8. The van der Waals surface area contributed by atoms with Crippen LogP contribution >= 0.6 is 0 Å². The summed E-state index contributed by atoms with van der Waals surface area (Å²) in [5.41, 5.74) is 0. The zero-order chi connectivity index (χ0) is 16.1. The van der Waals surface area contributed by atoms with Crippen molar-refractivity contribution < 1.29 is 47.3 Å². The van der Waals surface area contributed by atoms with E-state index in [0.29, 0.717) is 13.0 Å². The molecule has 0 saturated carbocycles. The van der Waals surface area contributed by atoms with Crippen LogP contribution < -0.4 is 29.6 Å². The Morgan fingerprint density at radius 3 is 2.18 bits per heavy atom. The van der Waals surface area contributed by atoms with Gasteiger partial charge in [-0.25, -0.2) is 8.42 Å². The van der Waals surface area contributed by atoms with E-state index in [1.165, 1.54) is 24.2 Å². The molecule has 0 rings (SSSR count). The SMILES string of the molecule is C=CCCCCCCCCC(=O)N(C)CCCS(=O)(=O)[O-].[Na+]. The molecule has 0 fully saturated rings. The molecule has 22 heavy (non-hydrogen) atoms. The van der Waals surface area contributed by atoms with Gasteiger partial charge in [-0.05, 0) is 25.7 Å². The van der Waals surface area contributed by atoms with E-state index in [1.54, 1.807) is 7.05 Å². The molecule has 124 valence electrons. The van der Waals surface area contributed by atoms with E-state index in [-0.39, 0.29) is 41.9 Å². The van der Waals surface area contributed by atoms with Crippen LogP contribution in [-0.2, 0) is 14.9 Å². The third kappa shape index (κ3) is 16.5. The van der Waals surface area contributed by atoms with Crippen LogP contribution in [0.25, 0.3) is 0 Å². The number of unbranched alkanes of at least 4 members (excludes halogenated alkanes) is 6. The molecule has 0 N–H and O–H groups in total. The van der Waals surface area contributed by atoms with Crippen molar-refractivity contribution >= 4 is 16.0 Å². The predicted molar refractivity (Wildman–Crippen MR) is 84.0 cm³/mol. The van der Waals surface area contributed by atoms with Crippen LogP contribution in [0.3, 0.4) is 0 Å². The van der Waals surface area contributed by atoms with Gasteiger partial charge >= 0.3 is 29.6 Å². The Labute approximate surface area is 157 Å². The summed E-state index contributed by atoms with van der Waals surface area (Å²) in [5.74, 6) is -0.389. The molecule has 0 atom stereocenters. The molecule has 0 aliphatic rings. The van der Waals surface area contributed by atoms with Gasteiger partial charge in [0.25, 0.3) is 0 Å². The van der Waals surface area contributed by atoms with E-state index in [0.717, 1.165) is 25.7 Å². The first-order valence-electron chi connectivity index (χ1n) is 7.65. The van der Waals surface area contributed by atoms with E-state index < -0.39 is 15.9 Å². The van der Waals surface area contributed by atoms with E-state index in [1.807, 2.05) is 6.08 Å². The monoisotopic (exact) mass is 341 g/mol. The van der Waals surface area contributed by atoms with Crippen LogP contribution in [0.1, 0.15) is 57.8 Å². The standard InChI is InChI=1S/C15H29NO4S.Na/c1-3-4-5-6-7-8-9-10-12-15(17)16(2)13-11-14-21(18,19)20;/h3H,1,4-14H2,2H3,(H,18,19,20);/q;+1/p-1. The first kappa shape index (κ1) is 24.4. The van der Waals surface area contributed by atoms with Crippen LogP contribution in [-0.4, -0.2) is 43.1 Å². The third-order valence-electron chi connectivity index (χ3n) is 3.36. The number of nitrogens with zero attached hydrogens (tertiary/aromatic N) is 1. The van der Waals surface area contributed by atoms with E-state index in [4.69, 9.17) is 0 Å². The van der Waals surface area contributed by atoms with Gasteiger partial charge in [-0.15, -0.1) is 6.58 Å². The van der Waals surface area contributed by atoms with Gasteiger partial charge in [0.15, 0.2) is 0 Å². The fraction of sp³-hybridized carbons (Fsp3) is 0.800. The van der Waals surface area contributed by atoms with Gasteiger partial charge in [-0.2, -0.15) is 0 Å². The molecule has 0 aromatic heterocycles. The van der Waals surface area contributed by atoms with Crippen LogP contribution in [0.5, 0.6) is 0 Å². The third-order valence-corrected chi connectivity index (χ3v) is 4.15. The summed E-state index contributed by atoms with van der Waals surface area (Å²) in [6.07, 6.45) is 10.4. The second-order valence-electron chi connectivity index (χ2n) is 5.38. The van der Waals surface area contributed by atoms with Gasteiger partial charge < -0.3 is 9.45 Å². The van der Waals surface area contributed by atoms with Crippen LogP contribution in [0.2, 0.25) is 0 Å². The summed E-state index contributed by atoms with van der Waals surface area (Å²) < 4.78 is 31.4. The molecule has 0 aliphatic carbocycles. The number of rotatable bonds is 13. The van der Waals surface area contributed by atoms with Crippen molar-refractivity contribution in [3.8, 4) is 0 Å². The summed E-state index contributed by atoms with van der Waals surface area (Å²) in [4.78, 5) is 13.3.